The molecular weight excluding hydrogens is 453 g/mol. The van der Waals surface area contributed by atoms with E-state index < -0.39 is 35.8 Å². The summed E-state index contributed by atoms with van der Waals surface area (Å²) in [5.41, 5.74) is -1.58. The summed E-state index contributed by atoms with van der Waals surface area (Å²) in [7, 11) is 0. The maximum Gasteiger partial charge on any atom is 0.418 e. The van der Waals surface area contributed by atoms with E-state index in [4.69, 9.17) is 16.3 Å². The number of nitrogens with one attached hydrogen (secondary N) is 2. The molecule has 0 aromatic heterocycles. The summed E-state index contributed by atoms with van der Waals surface area (Å²) in [5, 5.41) is 4.65. The van der Waals surface area contributed by atoms with Gasteiger partial charge in [0.15, 0.2) is 6.61 Å². The van der Waals surface area contributed by atoms with Crippen molar-refractivity contribution >= 4 is 50.7 Å². The van der Waals surface area contributed by atoms with Crippen molar-refractivity contribution in [1.82, 2.24) is 0 Å². The topological polar surface area (TPSA) is 67.4 Å². The maximum atomic E-state index is 13.2. The first-order valence-corrected chi connectivity index (χ1v) is 8.60. The van der Waals surface area contributed by atoms with Crippen LogP contribution in [0.4, 0.5) is 24.5 Å². The largest absolute Gasteiger partial charge is 0.482 e. The Hall–Kier alpha value is -2.26. The van der Waals surface area contributed by atoms with E-state index in [2.05, 4.69) is 26.6 Å². The van der Waals surface area contributed by atoms with Gasteiger partial charge in [-0.2, -0.15) is 13.2 Å². The normalized spacial score (nSPS) is 11.0. The number of carbonyl (C=O) groups is 2. The molecule has 0 spiro atoms. The van der Waals surface area contributed by atoms with Crippen LogP contribution in [-0.4, -0.2) is 18.4 Å². The highest BCUT2D eigenvalue weighted by Crippen LogP contribution is 2.36. The molecule has 0 saturated carbocycles. The fraction of sp³-hybridized carbons (Fsp3) is 0.176. The van der Waals surface area contributed by atoms with Crippen molar-refractivity contribution in [2.45, 2.75) is 13.1 Å². The van der Waals surface area contributed by atoms with Crippen LogP contribution in [-0.2, 0) is 15.8 Å². The number of carbonyl (C=O) groups excluding carboxylic acids is 2. The Morgan fingerprint density at radius 2 is 1.85 bits per heavy atom. The van der Waals surface area contributed by atoms with E-state index in [1.165, 1.54) is 19.1 Å². The Bertz CT molecular complexity index is 875. The molecule has 0 unspecified atom stereocenters. The number of alkyl halides is 3. The van der Waals surface area contributed by atoms with Crippen molar-refractivity contribution in [3.8, 4) is 5.75 Å². The van der Waals surface area contributed by atoms with E-state index in [1.807, 2.05) is 0 Å². The Labute approximate surface area is 166 Å². The molecule has 0 atom stereocenters. The zero-order valence-electron chi connectivity index (χ0n) is 13.8. The zero-order chi connectivity index (χ0) is 20.2. The molecule has 0 bridgehead atoms. The second-order valence-electron chi connectivity index (χ2n) is 5.35. The number of amides is 2. The predicted molar refractivity (Wildman–Crippen MR) is 99.0 cm³/mol. The van der Waals surface area contributed by atoms with Gasteiger partial charge in [-0.3, -0.25) is 9.59 Å². The third-order valence-electron chi connectivity index (χ3n) is 3.17. The molecule has 0 heterocycles. The van der Waals surface area contributed by atoms with Gasteiger partial charge in [-0.1, -0.05) is 27.5 Å². The van der Waals surface area contributed by atoms with E-state index in [1.54, 1.807) is 12.1 Å². The smallest absolute Gasteiger partial charge is 0.418 e. The van der Waals surface area contributed by atoms with Gasteiger partial charge in [0.05, 0.1) is 16.3 Å². The lowest BCUT2D eigenvalue weighted by molar-refractivity contribution is -0.137. The molecule has 5 nitrogen and oxygen atoms in total. The molecule has 144 valence electrons. The third-order valence-corrected chi connectivity index (χ3v) is 3.96. The Kier molecular flexibility index (Phi) is 6.72. The van der Waals surface area contributed by atoms with Gasteiger partial charge in [0.1, 0.15) is 5.75 Å². The number of halogens is 5. The van der Waals surface area contributed by atoms with Gasteiger partial charge in [-0.15, -0.1) is 0 Å². The Morgan fingerprint density at radius 3 is 2.44 bits per heavy atom. The highest BCUT2D eigenvalue weighted by molar-refractivity contribution is 9.10. The van der Waals surface area contributed by atoms with Crippen molar-refractivity contribution < 1.29 is 27.5 Å². The molecule has 27 heavy (non-hydrogen) atoms. The Morgan fingerprint density at radius 1 is 1.15 bits per heavy atom. The quantitative estimate of drug-likeness (QED) is 0.646. The summed E-state index contributed by atoms with van der Waals surface area (Å²) in [6, 6.07) is 7.75. The van der Waals surface area contributed by atoms with Crippen molar-refractivity contribution in [1.29, 1.82) is 0 Å². The van der Waals surface area contributed by atoms with Gasteiger partial charge in [0, 0.05) is 17.1 Å². The summed E-state index contributed by atoms with van der Waals surface area (Å²) in [4.78, 5) is 23.0. The van der Waals surface area contributed by atoms with E-state index in [9.17, 15) is 22.8 Å². The SMILES string of the molecule is CC(=O)Nc1ccc(NC(=O)COc2ccc(Br)cc2Cl)c(C(F)(F)F)c1. The lowest BCUT2D eigenvalue weighted by Gasteiger charge is -2.16. The van der Waals surface area contributed by atoms with E-state index >= 15 is 0 Å². The van der Waals surface area contributed by atoms with E-state index in [-0.39, 0.29) is 16.5 Å². The highest BCUT2D eigenvalue weighted by atomic mass is 79.9. The second kappa shape index (κ2) is 8.62. The average molecular weight is 466 g/mol. The molecular formula is C17H13BrClF3N2O3. The number of hydrogen-bond donors (Lipinski definition) is 2. The standard InChI is InChI=1S/C17H13BrClF3N2O3/c1-9(25)23-11-3-4-14(12(7-11)17(20,21)22)24-16(26)8-27-15-5-2-10(18)6-13(15)19/h2-7H,8H2,1H3,(H,23,25)(H,24,26). The first-order chi connectivity index (χ1) is 12.6. The molecule has 0 fully saturated rings. The minimum atomic E-state index is -4.73. The molecule has 10 heteroatoms. The molecule has 0 aliphatic heterocycles. The summed E-state index contributed by atoms with van der Waals surface area (Å²) in [6.07, 6.45) is -4.73. The molecule has 0 aliphatic carbocycles. The van der Waals surface area contributed by atoms with Gasteiger partial charge in [0.25, 0.3) is 5.91 Å². The van der Waals surface area contributed by atoms with Crippen molar-refractivity contribution in [2.75, 3.05) is 17.2 Å². The van der Waals surface area contributed by atoms with Gasteiger partial charge >= 0.3 is 6.18 Å². The van der Waals surface area contributed by atoms with Crippen LogP contribution in [0.3, 0.4) is 0 Å². The van der Waals surface area contributed by atoms with Crippen LogP contribution in [0, 0.1) is 0 Å². The molecule has 2 N–H and O–H groups in total. The lowest BCUT2D eigenvalue weighted by atomic mass is 10.1. The highest BCUT2D eigenvalue weighted by Gasteiger charge is 2.34. The molecule has 0 aliphatic rings. The van der Waals surface area contributed by atoms with E-state index in [0.717, 1.165) is 12.1 Å². The van der Waals surface area contributed by atoms with Crippen LogP contribution in [0.15, 0.2) is 40.9 Å². The van der Waals surface area contributed by atoms with Crippen LogP contribution in [0.2, 0.25) is 5.02 Å². The molecule has 2 aromatic carbocycles. The van der Waals surface area contributed by atoms with E-state index in [0.29, 0.717) is 4.47 Å². The number of rotatable bonds is 5. The van der Waals surface area contributed by atoms with Gasteiger partial charge < -0.3 is 15.4 Å². The second-order valence-corrected chi connectivity index (χ2v) is 6.67. The predicted octanol–water partition coefficient (Wildman–Crippen LogP) is 5.10. The first-order valence-electron chi connectivity index (χ1n) is 7.43. The fourth-order valence-corrected chi connectivity index (χ4v) is 2.82. The van der Waals surface area contributed by atoms with Gasteiger partial charge in [-0.05, 0) is 36.4 Å². The monoisotopic (exact) mass is 464 g/mol. The number of anilines is 2. The molecule has 2 aromatic rings. The average Bonchev–Trinajstić information content (AvgIpc) is 2.54. The van der Waals surface area contributed by atoms with Crippen molar-refractivity contribution in [3.63, 3.8) is 0 Å². The summed E-state index contributed by atoms with van der Waals surface area (Å²) in [5.74, 6) is -1.10. The van der Waals surface area contributed by atoms with Crippen LogP contribution in [0.5, 0.6) is 5.75 Å². The number of benzene rings is 2. The van der Waals surface area contributed by atoms with Crippen LogP contribution in [0.1, 0.15) is 12.5 Å². The fourth-order valence-electron chi connectivity index (χ4n) is 2.09. The van der Waals surface area contributed by atoms with Crippen LogP contribution in [0.25, 0.3) is 0 Å². The minimum Gasteiger partial charge on any atom is -0.482 e. The molecule has 0 saturated heterocycles. The molecule has 2 amide bonds. The van der Waals surface area contributed by atoms with Crippen molar-refractivity contribution in [3.05, 3.63) is 51.5 Å². The third kappa shape index (κ3) is 6.14. The zero-order valence-corrected chi connectivity index (χ0v) is 16.1. The Balaban J connectivity index is 2.13. The number of hydrogen-bond acceptors (Lipinski definition) is 3. The van der Waals surface area contributed by atoms with Crippen molar-refractivity contribution in [2.24, 2.45) is 0 Å². The number of ether oxygens (including phenoxy) is 1. The van der Waals surface area contributed by atoms with Crippen LogP contribution >= 0.6 is 27.5 Å². The summed E-state index contributed by atoms with van der Waals surface area (Å²) >= 11 is 9.16. The van der Waals surface area contributed by atoms with Gasteiger partial charge in [0.2, 0.25) is 5.91 Å². The molecule has 2 rings (SSSR count). The first kappa shape index (κ1) is 21.0. The summed E-state index contributed by atoms with van der Waals surface area (Å²) in [6.45, 7) is 0.639. The maximum absolute atomic E-state index is 13.2. The van der Waals surface area contributed by atoms with Gasteiger partial charge in [-0.25, -0.2) is 0 Å². The summed E-state index contributed by atoms with van der Waals surface area (Å²) < 4.78 is 45.7. The lowest BCUT2D eigenvalue weighted by Crippen LogP contribution is -2.22. The van der Waals surface area contributed by atoms with Crippen LogP contribution < -0.4 is 15.4 Å². The minimum absolute atomic E-state index is 0.0364. The molecule has 0 radical (unpaired) electrons.